The molecule has 31 heavy (non-hydrogen) atoms. The van der Waals surface area contributed by atoms with Gasteiger partial charge in [-0.05, 0) is 99.7 Å². The van der Waals surface area contributed by atoms with Gasteiger partial charge >= 0.3 is 0 Å². The first-order valence-electron chi connectivity index (χ1n) is 12.8. The Labute approximate surface area is 190 Å². The van der Waals surface area contributed by atoms with Crippen LogP contribution < -0.4 is 0 Å². The molecule has 4 aliphatic carbocycles. The summed E-state index contributed by atoms with van der Waals surface area (Å²) in [6.07, 6.45) is 20.4. The zero-order valence-electron chi connectivity index (χ0n) is 20.7. The van der Waals surface area contributed by atoms with E-state index in [1.165, 1.54) is 37.7 Å². The second-order valence-electron chi connectivity index (χ2n) is 11.9. The van der Waals surface area contributed by atoms with Crippen LogP contribution in [0.15, 0.2) is 47.3 Å². The third-order valence-electron chi connectivity index (χ3n) is 9.32. The number of hydrogen-bond donors (Lipinski definition) is 1. The van der Waals surface area contributed by atoms with E-state index < -0.39 is 5.60 Å². The van der Waals surface area contributed by atoms with Crippen LogP contribution in [0.3, 0.4) is 0 Å². The Bertz CT molecular complexity index is 807. The summed E-state index contributed by atoms with van der Waals surface area (Å²) >= 11 is 0. The first kappa shape index (κ1) is 22.9. The summed E-state index contributed by atoms with van der Waals surface area (Å²) in [5.41, 5.74) is 3.16. The van der Waals surface area contributed by atoms with Crippen LogP contribution in [0.4, 0.5) is 0 Å². The molecule has 0 heterocycles. The topological polar surface area (TPSA) is 29.5 Å². The van der Waals surface area contributed by atoms with Gasteiger partial charge in [-0.3, -0.25) is 0 Å². The summed E-state index contributed by atoms with van der Waals surface area (Å²) in [5.74, 6) is 3.92. The van der Waals surface area contributed by atoms with Gasteiger partial charge in [0, 0.05) is 5.41 Å². The van der Waals surface area contributed by atoms with E-state index in [1.807, 2.05) is 13.8 Å². The first-order chi connectivity index (χ1) is 14.6. The zero-order chi connectivity index (χ0) is 22.4. The molecule has 4 aliphatic rings. The van der Waals surface area contributed by atoms with Crippen LogP contribution in [0.2, 0.25) is 0 Å². The van der Waals surface area contributed by atoms with Crippen molar-refractivity contribution >= 4 is 0 Å². The number of rotatable bonds is 7. The molecule has 0 saturated heterocycles. The predicted molar refractivity (Wildman–Crippen MR) is 129 cm³/mol. The van der Waals surface area contributed by atoms with Crippen LogP contribution in [0.25, 0.3) is 0 Å². The predicted octanol–water partition coefficient (Wildman–Crippen LogP) is 7.37. The van der Waals surface area contributed by atoms with Crippen molar-refractivity contribution in [3.63, 3.8) is 0 Å². The van der Waals surface area contributed by atoms with Gasteiger partial charge in [-0.15, -0.1) is 0 Å². The molecule has 0 aromatic heterocycles. The quantitative estimate of drug-likeness (QED) is 0.462. The van der Waals surface area contributed by atoms with Gasteiger partial charge in [0.25, 0.3) is 0 Å². The van der Waals surface area contributed by atoms with E-state index in [0.29, 0.717) is 11.3 Å². The van der Waals surface area contributed by atoms with Crippen molar-refractivity contribution < 1.29 is 9.84 Å². The lowest BCUT2D eigenvalue weighted by Gasteiger charge is -2.53. The summed E-state index contributed by atoms with van der Waals surface area (Å²) in [6, 6.07) is 0. The molecule has 0 aromatic rings. The van der Waals surface area contributed by atoms with Gasteiger partial charge < -0.3 is 9.84 Å². The van der Waals surface area contributed by atoms with Gasteiger partial charge in [0.2, 0.25) is 0 Å². The molecule has 1 N–H and O–H groups in total. The number of hydrogen-bond acceptors (Lipinski definition) is 2. The minimum absolute atomic E-state index is 0.114. The minimum atomic E-state index is -0.531. The van der Waals surface area contributed by atoms with Crippen LogP contribution in [0.5, 0.6) is 0 Å². The lowest BCUT2D eigenvalue weighted by atomic mass is 9.51. The number of allylic oxidation sites excluding steroid dienone is 7. The average molecular weight is 425 g/mol. The molecule has 0 bridgehead atoms. The highest BCUT2D eigenvalue weighted by molar-refractivity contribution is 5.49. The van der Waals surface area contributed by atoms with Gasteiger partial charge in [0.1, 0.15) is 5.76 Å². The SMILES string of the molecule is CCOC1=CC2=CC=C3C(CC[C@]4(C)[C@@H]([C@H](C)CCCC(C)(C)O)CC[C@@H]34)[C@@]2(C)C=C1. The van der Waals surface area contributed by atoms with Gasteiger partial charge in [-0.2, -0.15) is 0 Å². The second-order valence-corrected chi connectivity index (χ2v) is 11.9. The number of fused-ring (bicyclic) bond motifs is 5. The maximum atomic E-state index is 10.1. The van der Waals surface area contributed by atoms with E-state index >= 15 is 0 Å². The molecule has 2 saturated carbocycles. The van der Waals surface area contributed by atoms with E-state index in [9.17, 15) is 5.11 Å². The van der Waals surface area contributed by atoms with E-state index in [2.05, 4.69) is 58.1 Å². The van der Waals surface area contributed by atoms with E-state index in [0.717, 1.165) is 43.0 Å². The van der Waals surface area contributed by atoms with Crippen molar-refractivity contribution in [2.24, 2.45) is 34.5 Å². The molecule has 2 fully saturated rings. The molecule has 1 unspecified atom stereocenters. The first-order valence-corrected chi connectivity index (χ1v) is 12.8. The normalized spacial score (nSPS) is 37.8. The molecule has 0 aromatic carbocycles. The molecule has 0 spiro atoms. The van der Waals surface area contributed by atoms with Crippen LogP contribution in [-0.2, 0) is 4.74 Å². The Kier molecular flexibility index (Phi) is 6.09. The smallest absolute Gasteiger partial charge is 0.119 e. The highest BCUT2D eigenvalue weighted by Gasteiger charge is 2.56. The van der Waals surface area contributed by atoms with Crippen molar-refractivity contribution in [1.82, 2.24) is 0 Å². The number of aliphatic hydroxyl groups is 1. The third-order valence-corrected chi connectivity index (χ3v) is 9.32. The molecule has 2 heteroatoms. The Morgan fingerprint density at radius 1 is 1.16 bits per heavy atom. The highest BCUT2D eigenvalue weighted by Crippen LogP contribution is 2.65. The lowest BCUT2D eigenvalue weighted by molar-refractivity contribution is 0.0510. The summed E-state index contributed by atoms with van der Waals surface area (Å²) in [7, 11) is 0. The summed E-state index contributed by atoms with van der Waals surface area (Å²) in [4.78, 5) is 0. The molecular formula is C29H44O2. The fourth-order valence-electron chi connectivity index (χ4n) is 7.60. The van der Waals surface area contributed by atoms with E-state index in [4.69, 9.17) is 4.74 Å². The molecule has 4 rings (SSSR count). The third kappa shape index (κ3) is 4.10. The largest absolute Gasteiger partial charge is 0.494 e. The molecule has 6 atom stereocenters. The van der Waals surface area contributed by atoms with Crippen LogP contribution in [0.1, 0.15) is 86.5 Å². The van der Waals surface area contributed by atoms with Crippen LogP contribution in [-0.4, -0.2) is 17.3 Å². The number of ether oxygens (including phenoxy) is 1. The second kappa shape index (κ2) is 8.25. The monoisotopic (exact) mass is 424 g/mol. The maximum absolute atomic E-state index is 10.1. The fourth-order valence-corrected chi connectivity index (χ4v) is 7.60. The summed E-state index contributed by atoms with van der Waals surface area (Å²) < 4.78 is 5.79. The average Bonchev–Trinajstić information content (AvgIpc) is 3.05. The maximum Gasteiger partial charge on any atom is 0.119 e. The van der Waals surface area contributed by atoms with Crippen LogP contribution >= 0.6 is 0 Å². The van der Waals surface area contributed by atoms with Gasteiger partial charge in [0.05, 0.1) is 12.2 Å². The molecule has 2 nitrogen and oxygen atoms in total. The Morgan fingerprint density at radius 3 is 2.65 bits per heavy atom. The van der Waals surface area contributed by atoms with E-state index in [1.54, 1.807) is 5.57 Å². The van der Waals surface area contributed by atoms with Crippen molar-refractivity contribution in [2.75, 3.05) is 6.61 Å². The summed E-state index contributed by atoms with van der Waals surface area (Å²) in [5, 5.41) is 10.1. The summed E-state index contributed by atoms with van der Waals surface area (Å²) in [6.45, 7) is 14.2. The van der Waals surface area contributed by atoms with Gasteiger partial charge in [0.15, 0.2) is 0 Å². The Balaban J connectivity index is 1.53. The Hall–Kier alpha value is -1.28. The highest BCUT2D eigenvalue weighted by atomic mass is 16.5. The molecule has 0 amide bonds. The minimum Gasteiger partial charge on any atom is -0.494 e. The van der Waals surface area contributed by atoms with Crippen LogP contribution in [0, 0.1) is 34.5 Å². The lowest BCUT2D eigenvalue weighted by Crippen LogP contribution is -2.44. The Morgan fingerprint density at radius 2 is 1.94 bits per heavy atom. The molecule has 0 radical (unpaired) electrons. The molecule has 0 aliphatic heterocycles. The van der Waals surface area contributed by atoms with Gasteiger partial charge in [-0.25, -0.2) is 0 Å². The molecular weight excluding hydrogens is 380 g/mol. The zero-order valence-corrected chi connectivity index (χ0v) is 20.7. The van der Waals surface area contributed by atoms with Crippen molar-refractivity contribution in [2.45, 2.75) is 92.1 Å². The van der Waals surface area contributed by atoms with Crippen molar-refractivity contribution in [3.05, 3.63) is 47.3 Å². The van der Waals surface area contributed by atoms with Crippen molar-refractivity contribution in [1.29, 1.82) is 0 Å². The van der Waals surface area contributed by atoms with Crippen molar-refractivity contribution in [3.8, 4) is 0 Å². The fraction of sp³-hybridized carbons (Fsp3) is 0.724. The van der Waals surface area contributed by atoms with Gasteiger partial charge in [-0.1, -0.05) is 57.4 Å². The standard InChI is InChI=1S/C29H44O2/c1-7-31-22-14-17-28(5)21(19-22)10-11-23-25-13-12-24(29(25,6)18-15-26(23)28)20(2)9-8-16-27(3,4)30/h10-11,14,17,19-20,24-26,30H,7-9,12-13,15-16,18H2,1-6H3/t20-,24-,25+,26?,28+,29-/m1/s1. The molecule has 172 valence electrons. The van der Waals surface area contributed by atoms with E-state index in [-0.39, 0.29) is 5.41 Å².